The first-order chi connectivity index (χ1) is 8.33. The molecule has 0 aliphatic rings. The molecule has 4 nitrogen and oxygen atoms in total. The van der Waals surface area contributed by atoms with Crippen LogP contribution in [0.1, 0.15) is 19.7 Å². The molecule has 0 atom stereocenters. The fourth-order valence-corrected chi connectivity index (χ4v) is 2.30. The van der Waals surface area contributed by atoms with Crippen LogP contribution in [0.5, 0.6) is 0 Å². The van der Waals surface area contributed by atoms with Crippen LogP contribution in [0.2, 0.25) is 0 Å². The van der Waals surface area contributed by atoms with Crippen molar-refractivity contribution in [2.75, 3.05) is 0 Å². The number of carbonyl (C=O) groups is 1. The monoisotopic (exact) mass is 310 g/mol. The van der Waals surface area contributed by atoms with E-state index in [9.17, 15) is 9.90 Å². The Hall–Kier alpha value is -1.36. The van der Waals surface area contributed by atoms with Gasteiger partial charge in [-0.15, -0.1) is 0 Å². The fourth-order valence-electron chi connectivity index (χ4n) is 1.86. The highest BCUT2D eigenvalue weighted by Gasteiger charge is 2.29. The molecule has 1 heterocycles. The Morgan fingerprint density at radius 2 is 2.17 bits per heavy atom. The first-order valence-corrected chi connectivity index (χ1v) is 6.45. The number of imidazole rings is 1. The molecule has 96 valence electrons. The van der Waals surface area contributed by atoms with E-state index < -0.39 is 11.4 Å². The number of aromatic nitrogens is 2. The van der Waals surface area contributed by atoms with Gasteiger partial charge in [-0.3, -0.25) is 4.79 Å². The summed E-state index contributed by atoms with van der Waals surface area (Å²) >= 11 is 3.46. The second-order valence-corrected chi connectivity index (χ2v) is 5.91. The first-order valence-electron chi connectivity index (χ1n) is 5.66. The summed E-state index contributed by atoms with van der Waals surface area (Å²) in [5, 5.41) is 9.18. The van der Waals surface area contributed by atoms with Crippen molar-refractivity contribution >= 4 is 32.9 Å². The number of rotatable bonds is 3. The van der Waals surface area contributed by atoms with Crippen LogP contribution in [0.4, 0.5) is 0 Å². The van der Waals surface area contributed by atoms with Gasteiger partial charge in [0.2, 0.25) is 0 Å². The Bertz CT molecular complexity index is 617. The lowest BCUT2D eigenvalue weighted by Crippen LogP contribution is -2.27. The van der Waals surface area contributed by atoms with Crippen LogP contribution < -0.4 is 0 Å². The molecule has 0 saturated heterocycles. The zero-order valence-electron chi connectivity index (χ0n) is 10.6. The lowest BCUT2D eigenvalue weighted by molar-refractivity contribution is -0.146. The SMILES string of the molecule is Cn1c(CC(C)(C)C(=O)O)nc2c(Br)cccc21. The molecule has 0 unspecified atom stereocenters. The summed E-state index contributed by atoms with van der Waals surface area (Å²) in [5.41, 5.74) is 1.05. The minimum absolute atomic E-state index is 0.403. The molecule has 0 aliphatic carbocycles. The summed E-state index contributed by atoms with van der Waals surface area (Å²) in [6.45, 7) is 3.42. The number of nitrogens with zero attached hydrogens (tertiary/aromatic N) is 2. The molecule has 0 amide bonds. The van der Waals surface area contributed by atoms with Crippen molar-refractivity contribution < 1.29 is 9.90 Å². The Kier molecular flexibility index (Phi) is 3.19. The minimum Gasteiger partial charge on any atom is -0.481 e. The molecule has 5 heteroatoms. The van der Waals surface area contributed by atoms with Crippen LogP contribution in [0.25, 0.3) is 11.0 Å². The lowest BCUT2D eigenvalue weighted by atomic mass is 9.89. The van der Waals surface area contributed by atoms with E-state index in [1.165, 1.54) is 0 Å². The number of para-hydroxylation sites is 1. The maximum atomic E-state index is 11.2. The number of hydrogen-bond acceptors (Lipinski definition) is 2. The van der Waals surface area contributed by atoms with E-state index in [1.807, 2.05) is 29.8 Å². The first kappa shape index (κ1) is 13.1. The summed E-state index contributed by atoms with van der Waals surface area (Å²) in [5.74, 6) is -0.0297. The number of benzene rings is 1. The van der Waals surface area contributed by atoms with Gasteiger partial charge in [0.25, 0.3) is 0 Å². The number of carboxylic acids is 1. The molecule has 2 rings (SSSR count). The number of halogens is 1. The molecule has 1 aromatic carbocycles. The Balaban J connectivity index is 2.50. The van der Waals surface area contributed by atoms with E-state index in [0.717, 1.165) is 21.3 Å². The van der Waals surface area contributed by atoms with Crippen molar-refractivity contribution in [2.24, 2.45) is 12.5 Å². The summed E-state index contributed by atoms with van der Waals surface area (Å²) in [6.07, 6.45) is 0.403. The van der Waals surface area contributed by atoms with E-state index in [1.54, 1.807) is 13.8 Å². The van der Waals surface area contributed by atoms with E-state index in [-0.39, 0.29) is 0 Å². The fraction of sp³-hybridized carbons (Fsp3) is 0.385. The van der Waals surface area contributed by atoms with Gasteiger partial charge in [0.1, 0.15) is 11.3 Å². The van der Waals surface area contributed by atoms with Crippen LogP contribution >= 0.6 is 15.9 Å². The average Bonchev–Trinajstić information content (AvgIpc) is 2.58. The van der Waals surface area contributed by atoms with Gasteiger partial charge in [-0.25, -0.2) is 4.98 Å². The van der Waals surface area contributed by atoms with Crippen LogP contribution in [0.15, 0.2) is 22.7 Å². The molecule has 0 aliphatic heterocycles. The molecule has 2 aromatic rings. The summed E-state index contributed by atoms with van der Waals surface area (Å²) in [4.78, 5) is 15.7. The summed E-state index contributed by atoms with van der Waals surface area (Å²) in [6, 6.07) is 5.85. The van der Waals surface area contributed by atoms with Gasteiger partial charge >= 0.3 is 5.97 Å². The highest BCUT2D eigenvalue weighted by atomic mass is 79.9. The van der Waals surface area contributed by atoms with Crippen LogP contribution in [0.3, 0.4) is 0 Å². The molecular weight excluding hydrogens is 296 g/mol. The standard InChI is InChI=1S/C13H15BrN2O2/c1-13(2,12(17)18)7-10-15-11-8(14)5-4-6-9(11)16(10)3/h4-6H,7H2,1-3H3,(H,17,18). The Morgan fingerprint density at radius 3 is 2.72 bits per heavy atom. The zero-order chi connectivity index (χ0) is 13.5. The minimum atomic E-state index is -0.818. The van der Waals surface area contributed by atoms with E-state index in [2.05, 4.69) is 20.9 Å². The quantitative estimate of drug-likeness (QED) is 0.948. The smallest absolute Gasteiger partial charge is 0.309 e. The maximum Gasteiger partial charge on any atom is 0.309 e. The summed E-state index contributed by atoms with van der Waals surface area (Å²) < 4.78 is 2.88. The van der Waals surface area contributed by atoms with Gasteiger partial charge in [-0.1, -0.05) is 6.07 Å². The van der Waals surface area contributed by atoms with Crippen LogP contribution in [-0.4, -0.2) is 20.6 Å². The van der Waals surface area contributed by atoms with Crippen molar-refractivity contribution in [1.29, 1.82) is 0 Å². The molecule has 1 N–H and O–H groups in total. The molecule has 0 spiro atoms. The number of fused-ring (bicyclic) bond motifs is 1. The number of hydrogen-bond donors (Lipinski definition) is 1. The van der Waals surface area contributed by atoms with Gasteiger partial charge < -0.3 is 9.67 Å². The molecule has 0 bridgehead atoms. The van der Waals surface area contributed by atoms with Crippen LogP contribution in [0, 0.1) is 5.41 Å². The van der Waals surface area contributed by atoms with Crippen LogP contribution in [-0.2, 0) is 18.3 Å². The van der Waals surface area contributed by atoms with Gasteiger partial charge in [-0.2, -0.15) is 0 Å². The maximum absolute atomic E-state index is 11.2. The topological polar surface area (TPSA) is 55.1 Å². The normalized spacial score (nSPS) is 12.0. The number of carboxylic acid groups (broad SMARTS) is 1. The van der Waals surface area contributed by atoms with Gasteiger partial charge in [0.15, 0.2) is 0 Å². The molecule has 18 heavy (non-hydrogen) atoms. The zero-order valence-corrected chi connectivity index (χ0v) is 12.2. The predicted octanol–water partition coefficient (Wildman–Crippen LogP) is 2.99. The second-order valence-electron chi connectivity index (χ2n) is 5.06. The third-order valence-electron chi connectivity index (χ3n) is 3.13. The average molecular weight is 311 g/mol. The molecule has 1 aromatic heterocycles. The van der Waals surface area contributed by atoms with Crippen molar-refractivity contribution in [3.63, 3.8) is 0 Å². The highest BCUT2D eigenvalue weighted by molar-refractivity contribution is 9.10. The molecule has 0 radical (unpaired) electrons. The predicted molar refractivity (Wildman–Crippen MR) is 73.5 cm³/mol. The number of aryl methyl sites for hydroxylation is 1. The Labute approximate surface area is 114 Å². The Morgan fingerprint density at radius 1 is 1.50 bits per heavy atom. The largest absolute Gasteiger partial charge is 0.481 e. The number of aliphatic carboxylic acids is 1. The highest BCUT2D eigenvalue weighted by Crippen LogP contribution is 2.27. The molecule has 0 fully saturated rings. The van der Waals surface area contributed by atoms with Crippen molar-refractivity contribution in [2.45, 2.75) is 20.3 Å². The lowest BCUT2D eigenvalue weighted by Gasteiger charge is -2.18. The van der Waals surface area contributed by atoms with E-state index >= 15 is 0 Å². The van der Waals surface area contributed by atoms with Gasteiger partial charge in [0.05, 0.1) is 10.9 Å². The van der Waals surface area contributed by atoms with Gasteiger partial charge in [-0.05, 0) is 41.9 Å². The van der Waals surface area contributed by atoms with Crippen molar-refractivity contribution in [3.8, 4) is 0 Å². The molecular formula is C13H15BrN2O2. The third kappa shape index (κ3) is 2.14. The third-order valence-corrected chi connectivity index (χ3v) is 3.77. The molecule has 0 saturated carbocycles. The van der Waals surface area contributed by atoms with Crippen molar-refractivity contribution in [3.05, 3.63) is 28.5 Å². The van der Waals surface area contributed by atoms with Crippen molar-refractivity contribution in [1.82, 2.24) is 9.55 Å². The second kappa shape index (κ2) is 4.39. The van der Waals surface area contributed by atoms with E-state index in [4.69, 9.17) is 0 Å². The van der Waals surface area contributed by atoms with Gasteiger partial charge in [0, 0.05) is 17.9 Å². The summed E-state index contributed by atoms with van der Waals surface area (Å²) in [7, 11) is 1.91. The van der Waals surface area contributed by atoms with E-state index in [0.29, 0.717) is 6.42 Å².